The highest BCUT2D eigenvalue weighted by atomic mass is 35.5. The first-order chi connectivity index (χ1) is 12.5. The van der Waals surface area contributed by atoms with E-state index in [0.717, 1.165) is 24.4 Å². The van der Waals surface area contributed by atoms with Crippen molar-refractivity contribution in [1.82, 2.24) is 10.2 Å². The third kappa shape index (κ3) is 4.91. The summed E-state index contributed by atoms with van der Waals surface area (Å²) in [7, 11) is 1.65. The molecule has 0 aliphatic heterocycles. The van der Waals surface area contributed by atoms with Gasteiger partial charge in [-0.1, -0.05) is 55.2 Å². The van der Waals surface area contributed by atoms with Crippen LogP contribution in [0.3, 0.4) is 0 Å². The Morgan fingerprint density at radius 1 is 1.15 bits per heavy atom. The smallest absolute Gasteiger partial charge is 0.252 e. The number of hydrogen-bond acceptors (Lipinski definition) is 3. The first-order valence-electron chi connectivity index (χ1n) is 8.62. The molecule has 2 aromatic rings. The summed E-state index contributed by atoms with van der Waals surface area (Å²) in [6.07, 6.45) is 0. The minimum atomic E-state index is -0.238. The Labute approximate surface area is 165 Å². The van der Waals surface area contributed by atoms with E-state index in [1.54, 1.807) is 25.3 Å². The fourth-order valence-corrected chi connectivity index (χ4v) is 3.32. The van der Waals surface area contributed by atoms with Crippen LogP contribution < -0.4 is 10.1 Å². The van der Waals surface area contributed by atoms with E-state index in [9.17, 15) is 4.79 Å². The van der Waals surface area contributed by atoms with Crippen molar-refractivity contribution in [3.63, 3.8) is 0 Å². The van der Waals surface area contributed by atoms with Crippen molar-refractivity contribution in [3.05, 3.63) is 63.6 Å². The molecule has 140 valence electrons. The second-order valence-corrected chi connectivity index (χ2v) is 6.61. The molecule has 1 unspecified atom stereocenters. The normalized spacial score (nSPS) is 12.1. The monoisotopic (exact) mass is 394 g/mol. The van der Waals surface area contributed by atoms with Crippen LogP contribution in [-0.2, 0) is 0 Å². The van der Waals surface area contributed by atoms with Gasteiger partial charge in [0, 0.05) is 6.54 Å². The number of benzene rings is 2. The number of rotatable bonds is 8. The van der Waals surface area contributed by atoms with Crippen LogP contribution in [0.2, 0.25) is 10.0 Å². The van der Waals surface area contributed by atoms with Crippen LogP contribution in [0.4, 0.5) is 0 Å². The minimum absolute atomic E-state index is 0.0296. The predicted molar refractivity (Wildman–Crippen MR) is 107 cm³/mol. The summed E-state index contributed by atoms with van der Waals surface area (Å²) in [6, 6.07) is 13.0. The lowest BCUT2D eigenvalue weighted by atomic mass is 10.0. The van der Waals surface area contributed by atoms with E-state index in [1.807, 2.05) is 24.3 Å². The molecule has 0 aliphatic carbocycles. The Balaban J connectivity index is 2.21. The lowest BCUT2D eigenvalue weighted by molar-refractivity contribution is 0.0935. The highest BCUT2D eigenvalue weighted by Crippen LogP contribution is 2.26. The van der Waals surface area contributed by atoms with Crippen LogP contribution in [0.25, 0.3) is 0 Å². The summed E-state index contributed by atoms with van der Waals surface area (Å²) < 4.78 is 5.34. The zero-order valence-electron chi connectivity index (χ0n) is 15.3. The van der Waals surface area contributed by atoms with Crippen molar-refractivity contribution in [3.8, 4) is 5.75 Å². The SMILES string of the molecule is CCN(CC)C(CNC(=O)c1cccc(Cl)c1Cl)c1cccc(OC)c1. The maximum atomic E-state index is 12.6. The average molecular weight is 395 g/mol. The van der Waals surface area contributed by atoms with Crippen molar-refractivity contribution < 1.29 is 9.53 Å². The fourth-order valence-electron chi connectivity index (χ4n) is 2.93. The van der Waals surface area contributed by atoms with Gasteiger partial charge in [0.05, 0.1) is 28.8 Å². The summed E-state index contributed by atoms with van der Waals surface area (Å²) in [6.45, 7) is 6.40. The van der Waals surface area contributed by atoms with E-state index >= 15 is 0 Å². The summed E-state index contributed by atoms with van der Waals surface area (Å²) in [5.41, 5.74) is 1.47. The quantitative estimate of drug-likeness (QED) is 0.697. The number of hydrogen-bond donors (Lipinski definition) is 1. The maximum absolute atomic E-state index is 12.6. The van der Waals surface area contributed by atoms with Crippen molar-refractivity contribution in [1.29, 1.82) is 0 Å². The van der Waals surface area contributed by atoms with Gasteiger partial charge in [-0.3, -0.25) is 9.69 Å². The van der Waals surface area contributed by atoms with Crippen LogP contribution in [-0.4, -0.2) is 37.6 Å². The molecule has 1 N–H and O–H groups in total. The Kier molecular flexibility index (Phi) is 7.76. The van der Waals surface area contributed by atoms with Crippen molar-refractivity contribution >= 4 is 29.1 Å². The van der Waals surface area contributed by atoms with E-state index in [4.69, 9.17) is 27.9 Å². The molecule has 0 radical (unpaired) electrons. The predicted octanol–water partition coefficient (Wildman–Crippen LogP) is 4.81. The summed E-state index contributed by atoms with van der Waals surface area (Å²) >= 11 is 12.2. The number of likely N-dealkylation sites (N-methyl/N-ethyl adjacent to an activating group) is 1. The van der Waals surface area contributed by atoms with Gasteiger partial charge in [0.15, 0.2) is 0 Å². The molecule has 1 atom stereocenters. The third-order valence-electron chi connectivity index (χ3n) is 4.38. The Morgan fingerprint density at radius 2 is 1.85 bits per heavy atom. The molecular formula is C20H24Cl2N2O2. The van der Waals surface area contributed by atoms with Crippen molar-refractivity contribution in [2.45, 2.75) is 19.9 Å². The number of amides is 1. The Morgan fingerprint density at radius 3 is 2.50 bits per heavy atom. The van der Waals surface area contributed by atoms with Gasteiger partial charge in [0.2, 0.25) is 0 Å². The van der Waals surface area contributed by atoms with Gasteiger partial charge in [0.1, 0.15) is 5.75 Å². The van der Waals surface area contributed by atoms with E-state index in [2.05, 4.69) is 24.1 Å². The molecule has 4 nitrogen and oxygen atoms in total. The average Bonchev–Trinajstić information content (AvgIpc) is 2.67. The first-order valence-corrected chi connectivity index (χ1v) is 9.37. The zero-order valence-corrected chi connectivity index (χ0v) is 16.8. The fraction of sp³-hybridized carbons (Fsp3) is 0.350. The number of nitrogens with zero attached hydrogens (tertiary/aromatic N) is 1. The Bertz CT molecular complexity index is 748. The van der Waals surface area contributed by atoms with Crippen LogP contribution in [0, 0.1) is 0 Å². The molecule has 0 bridgehead atoms. The van der Waals surface area contributed by atoms with Gasteiger partial charge in [-0.15, -0.1) is 0 Å². The van der Waals surface area contributed by atoms with Crippen LogP contribution in [0.15, 0.2) is 42.5 Å². The standard InChI is InChI=1S/C20H24Cl2N2O2/c1-4-24(5-2)18(14-8-6-9-15(12-14)26-3)13-23-20(25)16-10-7-11-17(21)19(16)22/h6-12,18H,4-5,13H2,1-3H3,(H,23,25). The van der Waals surface area contributed by atoms with Gasteiger partial charge in [0.25, 0.3) is 5.91 Å². The molecule has 2 rings (SSSR count). The molecule has 1 amide bonds. The highest BCUT2D eigenvalue weighted by Gasteiger charge is 2.21. The number of carbonyl (C=O) groups is 1. The van der Waals surface area contributed by atoms with Gasteiger partial charge < -0.3 is 10.1 Å². The van der Waals surface area contributed by atoms with E-state index in [0.29, 0.717) is 17.1 Å². The maximum Gasteiger partial charge on any atom is 0.252 e. The van der Waals surface area contributed by atoms with Crippen LogP contribution in [0.5, 0.6) is 5.75 Å². The summed E-state index contributed by atoms with van der Waals surface area (Å²) in [5.74, 6) is 0.557. The molecule has 0 aromatic heterocycles. The Hall–Kier alpha value is -1.75. The molecule has 0 saturated carbocycles. The van der Waals surface area contributed by atoms with Gasteiger partial charge in [-0.2, -0.15) is 0 Å². The lowest BCUT2D eigenvalue weighted by Crippen LogP contribution is -2.38. The largest absolute Gasteiger partial charge is 0.497 e. The molecule has 0 saturated heterocycles. The molecule has 0 aliphatic rings. The topological polar surface area (TPSA) is 41.6 Å². The van der Waals surface area contributed by atoms with Gasteiger partial charge in [-0.05, 0) is 42.9 Å². The summed E-state index contributed by atoms with van der Waals surface area (Å²) in [5, 5.41) is 3.63. The molecule has 26 heavy (non-hydrogen) atoms. The van der Waals surface area contributed by atoms with Gasteiger partial charge >= 0.3 is 0 Å². The second-order valence-electron chi connectivity index (χ2n) is 5.83. The molecule has 0 spiro atoms. The van der Waals surface area contributed by atoms with E-state index in [-0.39, 0.29) is 17.0 Å². The molecule has 0 heterocycles. The summed E-state index contributed by atoms with van der Waals surface area (Å²) in [4.78, 5) is 14.9. The van der Waals surface area contributed by atoms with Crippen molar-refractivity contribution in [2.24, 2.45) is 0 Å². The minimum Gasteiger partial charge on any atom is -0.497 e. The number of carbonyl (C=O) groups excluding carboxylic acids is 1. The van der Waals surface area contributed by atoms with Crippen molar-refractivity contribution in [2.75, 3.05) is 26.7 Å². The highest BCUT2D eigenvalue weighted by molar-refractivity contribution is 6.43. The number of nitrogens with one attached hydrogen (secondary N) is 1. The number of ether oxygens (including phenoxy) is 1. The first kappa shape index (κ1) is 20.6. The molecular weight excluding hydrogens is 371 g/mol. The number of methoxy groups -OCH3 is 1. The van der Waals surface area contributed by atoms with Gasteiger partial charge in [-0.25, -0.2) is 0 Å². The van der Waals surface area contributed by atoms with Crippen LogP contribution >= 0.6 is 23.2 Å². The zero-order chi connectivity index (χ0) is 19.1. The lowest BCUT2D eigenvalue weighted by Gasteiger charge is -2.30. The second kappa shape index (κ2) is 9.81. The van der Waals surface area contributed by atoms with E-state index < -0.39 is 0 Å². The third-order valence-corrected chi connectivity index (χ3v) is 5.20. The molecule has 6 heteroatoms. The molecule has 0 fully saturated rings. The number of halogens is 2. The molecule has 2 aromatic carbocycles. The van der Waals surface area contributed by atoms with E-state index in [1.165, 1.54) is 0 Å². The van der Waals surface area contributed by atoms with Crippen LogP contribution in [0.1, 0.15) is 35.8 Å².